The average Bonchev–Trinajstić information content (AvgIpc) is 2.83. The quantitative estimate of drug-likeness (QED) is 0.835. The Morgan fingerprint density at radius 3 is 3.00 bits per heavy atom. The van der Waals surface area contributed by atoms with Crippen LogP contribution in [0.4, 0.5) is 10.6 Å². The Labute approximate surface area is 116 Å². The molecule has 20 heavy (non-hydrogen) atoms. The van der Waals surface area contributed by atoms with Crippen LogP contribution in [-0.2, 0) is 13.0 Å². The van der Waals surface area contributed by atoms with E-state index < -0.39 is 0 Å². The predicted octanol–water partition coefficient (Wildman–Crippen LogP) is 2.28. The van der Waals surface area contributed by atoms with Crippen molar-refractivity contribution in [1.29, 1.82) is 0 Å². The molecule has 0 aliphatic carbocycles. The molecule has 0 radical (unpaired) electrons. The first-order chi connectivity index (χ1) is 9.61. The van der Waals surface area contributed by atoms with Gasteiger partial charge in [0.2, 0.25) is 0 Å². The zero-order chi connectivity index (χ0) is 14.1. The van der Waals surface area contributed by atoms with Gasteiger partial charge >= 0.3 is 6.03 Å². The third kappa shape index (κ3) is 2.45. The van der Waals surface area contributed by atoms with E-state index in [9.17, 15) is 9.90 Å². The van der Waals surface area contributed by atoms with E-state index in [2.05, 4.69) is 10.5 Å². The van der Waals surface area contributed by atoms with Gasteiger partial charge in [-0.2, -0.15) is 0 Å². The lowest BCUT2D eigenvalue weighted by Gasteiger charge is -2.28. The second-order valence-electron chi connectivity index (χ2n) is 4.88. The van der Waals surface area contributed by atoms with E-state index in [1.54, 1.807) is 30.0 Å². The van der Waals surface area contributed by atoms with Crippen molar-refractivity contribution in [2.24, 2.45) is 0 Å². The summed E-state index contributed by atoms with van der Waals surface area (Å²) in [6.07, 6.45) is 0.779. The highest BCUT2D eigenvalue weighted by molar-refractivity contribution is 5.88. The van der Waals surface area contributed by atoms with Crippen molar-refractivity contribution >= 4 is 11.8 Å². The van der Waals surface area contributed by atoms with E-state index in [-0.39, 0.29) is 11.8 Å². The van der Waals surface area contributed by atoms with Crippen LogP contribution in [0.1, 0.15) is 16.9 Å². The molecule has 3 rings (SSSR count). The summed E-state index contributed by atoms with van der Waals surface area (Å²) >= 11 is 0. The van der Waals surface area contributed by atoms with Crippen molar-refractivity contribution in [3.63, 3.8) is 0 Å². The Morgan fingerprint density at radius 1 is 1.40 bits per heavy atom. The minimum atomic E-state index is -0.215. The molecule has 0 spiro atoms. The number of phenols is 1. The summed E-state index contributed by atoms with van der Waals surface area (Å²) in [7, 11) is 0. The summed E-state index contributed by atoms with van der Waals surface area (Å²) in [6.45, 7) is 2.88. The Kier molecular flexibility index (Phi) is 3.06. The zero-order valence-electron chi connectivity index (χ0n) is 11.1. The summed E-state index contributed by atoms with van der Waals surface area (Å²) in [6, 6.07) is 6.73. The first-order valence-electron chi connectivity index (χ1n) is 6.42. The molecule has 6 heteroatoms. The van der Waals surface area contributed by atoms with E-state index in [1.807, 2.05) is 6.07 Å². The SMILES string of the molecule is Cc1cc(NC(=O)N2CCc3ccc(O)cc3C2)no1. The van der Waals surface area contributed by atoms with Crippen LogP contribution in [-0.4, -0.2) is 27.7 Å². The number of rotatable bonds is 1. The molecule has 1 aliphatic heterocycles. The van der Waals surface area contributed by atoms with Crippen LogP contribution in [0.2, 0.25) is 0 Å². The zero-order valence-corrected chi connectivity index (χ0v) is 11.1. The number of nitrogens with zero attached hydrogens (tertiary/aromatic N) is 2. The molecule has 1 aromatic heterocycles. The molecule has 104 valence electrons. The standard InChI is InChI=1S/C14H15N3O3/c1-9-6-13(16-20-9)15-14(19)17-5-4-10-2-3-12(18)7-11(10)8-17/h2-3,6-7,18H,4-5,8H2,1H3,(H,15,16,19). The largest absolute Gasteiger partial charge is 0.508 e. The van der Waals surface area contributed by atoms with Gasteiger partial charge in [0.15, 0.2) is 5.82 Å². The van der Waals surface area contributed by atoms with E-state index >= 15 is 0 Å². The molecule has 2 amide bonds. The highest BCUT2D eigenvalue weighted by atomic mass is 16.5. The van der Waals surface area contributed by atoms with Gasteiger partial charge in [-0.3, -0.25) is 5.32 Å². The van der Waals surface area contributed by atoms with Crippen LogP contribution in [0.25, 0.3) is 0 Å². The van der Waals surface area contributed by atoms with Crippen molar-refractivity contribution in [3.8, 4) is 5.75 Å². The van der Waals surface area contributed by atoms with E-state index in [0.717, 1.165) is 12.0 Å². The van der Waals surface area contributed by atoms with E-state index in [1.165, 1.54) is 5.56 Å². The van der Waals surface area contributed by atoms with Gasteiger partial charge in [0.1, 0.15) is 11.5 Å². The van der Waals surface area contributed by atoms with Gasteiger partial charge in [-0.1, -0.05) is 11.2 Å². The number of benzene rings is 1. The molecule has 2 N–H and O–H groups in total. The third-order valence-corrected chi connectivity index (χ3v) is 3.35. The normalized spacial score (nSPS) is 13.9. The number of amides is 2. The topological polar surface area (TPSA) is 78.6 Å². The molecule has 0 saturated heterocycles. The summed E-state index contributed by atoms with van der Waals surface area (Å²) in [4.78, 5) is 13.8. The number of carbonyl (C=O) groups excluding carboxylic acids is 1. The minimum Gasteiger partial charge on any atom is -0.508 e. The molecule has 1 aliphatic rings. The summed E-state index contributed by atoms with van der Waals surface area (Å²) in [5.74, 6) is 1.28. The summed E-state index contributed by atoms with van der Waals surface area (Å²) < 4.78 is 4.91. The predicted molar refractivity (Wildman–Crippen MR) is 72.5 cm³/mol. The number of urea groups is 1. The molecule has 1 aromatic carbocycles. The fraction of sp³-hybridized carbons (Fsp3) is 0.286. The highest BCUT2D eigenvalue weighted by Crippen LogP contribution is 2.23. The van der Waals surface area contributed by atoms with Crippen LogP contribution < -0.4 is 5.32 Å². The molecule has 6 nitrogen and oxygen atoms in total. The van der Waals surface area contributed by atoms with Gasteiger partial charge in [0.25, 0.3) is 0 Å². The molecule has 0 fully saturated rings. The van der Waals surface area contributed by atoms with Crippen molar-refractivity contribution in [3.05, 3.63) is 41.2 Å². The number of aromatic nitrogens is 1. The average molecular weight is 273 g/mol. The first kappa shape index (κ1) is 12.5. The Hall–Kier alpha value is -2.50. The maximum absolute atomic E-state index is 12.1. The smallest absolute Gasteiger partial charge is 0.323 e. The van der Waals surface area contributed by atoms with Gasteiger partial charge < -0.3 is 14.5 Å². The highest BCUT2D eigenvalue weighted by Gasteiger charge is 2.21. The number of fused-ring (bicyclic) bond motifs is 1. The Balaban J connectivity index is 1.71. The number of carbonyl (C=O) groups is 1. The second kappa shape index (κ2) is 4.88. The maximum atomic E-state index is 12.1. The molecule has 0 bridgehead atoms. The Bertz CT molecular complexity index is 651. The lowest BCUT2D eigenvalue weighted by Crippen LogP contribution is -2.38. The second-order valence-corrected chi connectivity index (χ2v) is 4.88. The lowest BCUT2D eigenvalue weighted by atomic mass is 10.00. The van der Waals surface area contributed by atoms with Crippen LogP contribution in [0.3, 0.4) is 0 Å². The van der Waals surface area contributed by atoms with Crippen molar-refractivity contribution in [2.75, 3.05) is 11.9 Å². The monoisotopic (exact) mass is 273 g/mol. The van der Waals surface area contributed by atoms with Gasteiger partial charge in [-0.15, -0.1) is 0 Å². The fourth-order valence-electron chi connectivity index (χ4n) is 2.33. The molecule has 2 heterocycles. The van der Waals surface area contributed by atoms with E-state index in [4.69, 9.17) is 4.52 Å². The number of hydrogen-bond acceptors (Lipinski definition) is 4. The number of hydrogen-bond donors (Lipinski definition) is 2. The van der Waals surface area contributed by atoms with Gasteiger partial charge in [-0.25, -0.2) is 4.79 Å². The lowest BCUT2D eigenvalue weighted by molar-refractivity contribution is 0.206. The molecule has 0 atom stereocenters. The van der Waals surface area contributed by atoms with Crippen molar-refractivity contribution < 1.29 is 14.4 Å². The van der Waals surface area contributed by atoms with Crippen LogP contribution in [0.5, 0.6) is 5.75 Å². The van der Waals surface area contributed by atoms with Gasteiger partial charge in [0, 0.05) is 19.2 Å². The number of nitrogens with one attached hydrogen (secondary N) is 1. The first-order valence-corrected chi connectivity index (χ1v) is 6.42. The van der Waals surface area contributed by atoms with Crippen molar-refractivity contribution in [2.45, 2.75) is 19.9 Å². The molecular weight excluding hydrogens is 258 g/mol. The number of aromatic hydroxyl groups is 1. The molecule has 2 aromatic rings. The van der Waals surface area contributed by atoms with E-state index in [0.29, 0.717) is 24.7 Å². The fourth-order valence-corrected chi connectivity index (χ4v) is 2.33. The third-order valence-electron chi connectivity index (χ3n) is 3.35. The van der Waals surface area contributed by atoms with Crippen LogP contribution >= 0.6 is 0 Å². The molecular formula is C14H15N3O3. The van der Waals surface area contributed by atoms with Crippen molar-refractivity contribution in [1.82, 2.24) is 10.1 Å². The van der Waals surface area contributed by atoms with Crippen LogP contribution in [0.15, 0.2) is 28.8 Å². The number of aryl methyl sites for hydroxylation is 1. The summed E-state index contributed by atoms with van der Waals surface area (Å²) in [5.41, 5.74) is 2.15. The van der Waals surface area contributed by atoms with Crippen LogP contribution in [0, 0.1) is 6.92 Å². The number of phenolic OH excluding ortho intramolecular Hbond substituents is 1. The number of anilines is 1. The van der Waals surface area contributed by atoms with Gasteiger partial charge in [0.05, 0.1) is 0 Å². The van der Waals surface area contributed by atoms with Gasteiger partial charge in [-0.05, 0) is 36.6 Å². The molecule has 0 saturated carbocycles. The Morgan fingerprint density at radius 2 is 2.25 bits per heavy atom. The maximum Gasteiger partial charge on any atom is 0.323 e. The molecule has 0 unspecified atom stereocenters. The minimum absolute atomic E-state index is 0.215. The summed E-state index contributed by atoms with van der Waals surface area (Å²) in [5, 5.41) is 15.9.